The summed E-state index contributed by atoms with van der Waals surface area (Å²) in [5.74, 6) is 1.33. The number of rotatable bonds is 6. The third kappa shape index (κ3) is 4.20. The number of nitrogens with zero attached hydrogens (tertiary/aromatic N) is 4. The highest BCUT2D eigenvalue weighted by molar-refractivity contribution is 9.10. The van der Waals surface area contributed by atoms with Gasteiger partial charge < -0.3 is 9.47 Å². The molecule has 6 nitrogen and oxygen atoms in total. The smallest absolute Gasteiger partial charge is 0.161 e. The van der Waals surface area contributed by atoms with E-state index in [4.69, 9.17) is 9.47 Å². The van der Waals surface area contributed by atoms with Gasteiger partial charge in [-0.25, -0.2) is 4.68 Å². The highest BCUT2D eigenvalue weighted by atomic mass is 79.9. The Labute approximate surface area is 147 Å². The second kappa shape index (κ2) is 7.74. The number of benzene rings is 2. The highest BCUT2D eigenvalue weighted by Crippen LogP contribution is 2.28. The van der Waals surface area contributed by atoms with Gasteiger partial charge in [0.15, 0.2) is 11.5 Å². The van der Waals surface area contributed by atoms with Crippen molar-refractivity contribution in [3.05, 3.63) is 70.7 Å². The summed E-state index contributed by atoms with van der Waals surface area (Å²) >= 11 is 3.42. The molecule has 0 aliphatic rings. The van der Waals surface area contributed by atoms with E-state index in [2.05, 4.69) is 31.2 Å². The van der Waals surface area contributed by atoms with Crippen LogP contribution in [-0.2, 0) is 6.61 Å². The molecule has 0 aliphatic carbocycles. The molecule has 0 saturated carbocycles. The topological polar surface area (TPSA) is 61.5 Å². The third-order valence-corrected chi connectivity index (χ3v) is 3.77. The second-order valence-corrected chi connectivity index (χ2v) is 5.83. The van der Waals surface area contributed by atoms with Crippen LogP contribution < -0.4 is 9.47 Å². The number of halogens is 1. The Balaban J connectivity index is 1.70. The monoisotopic (exact) mass is 386 g/mol. The molecule has 7 heteroatoms. The summed E-state index contributed by atoms with van der Waals surface area (Å²) in [6.07, 6.45) is 4.73. The fourth-order valence-corrected chi connectivity index (χ4v) is 2.28. The van der Waals surface area contributed by atoms with Gasteiger partial charge in [-0.1, -0.05) is 28.1 Å². The average molecular weight is 387 g/mol. The lowest BCUT2D eigenvalue weighted by molar-refractivity contribution is 0.284. The lowest BCUT2D eigenvalue weighted by atomic mass is 10.2. The maximum Gasteiger partial charge on any atom is 0.161 e. The Morgan fingerprint density at radius 1 is 1.08 bits per heavy atom. The fourth-order valence-electron chi connectivity index (χ4n) is 2.01. The third-order valence-electron chi connectivity index (χ3n) is 3.24. The van der Waals surface area contributed by atoms with Crippen LogP contribution in [0.5, 0.6) is 11.5 Å². The first-order valence-electron chi connectivity index (χ1n) is 7.19. The first-order valence-corrected chi connectivity index (χ1v) is 7.98. The summed E-state index contributed by atoms with van der Waals surface area (Å²) < 4.78 is 13.8. The highest BCUT2D eigenvalue weighted by Gasteiger charge is 2.06. The van der Waals surface area contributed by atoms with E-state index in [-0.39, 0.29) is 0 Å². The average Bonchev–Trinajstić information content (AvgIpc) is 3.13. The zero-order valence-electron chi connectivity index (χ0n) is 13.0. The van der Waals surface area contributed by atoms with Crippen LogP contribution in [0.2, 0.25) is 0 Å². The van der Waals surface area contributed by atoms with Crippen molar-refractivity contribution in [2.24, 2.45) is 5.10 Å². The molecule has 3 aromatic rings. The van der Waals surface area contributed by atoms with E-state index in [1.165, 1.54) is 17.3 Å². The molecule has 0 aliphatic heterocycles. The fraction of sp³-hybridized carbons (Fsp3) is 0.118. The van der Waals surface area contributed by atoms with Crippen molar-refractivity contribution >= 4 is 22.1 Å². The Bertz CT molecular complexity index is 817. The number of hydrogen-bond donors (Lipinski definition) is 0. The predicted molar refractivity (Wildman–Crippen MR) is 94.5 cm³/mol. The quantitative estimate of drug-likeness (QED) is 0.608. The molecule has 1 aromatic heterocycles. The summed E-state index contributed by atoms with van der Waals surface area (Å²) in [5.41, 5.74) is 1.97. The molecular formula is C17H15BrN4O2. The largest absolute Gasteiger partial charge is 0.493 e. The lowest BCUT2D eigenvalue weighted by Crippen LogP contribution is -1.98. The van der Waals surface area contributed by atoms with E-state index in [1.807, 2.05) is 42.5 Å². The molecule has 0 spiro atoms. The van der Waals surface area contributed by atoms with Crippen molar-refractivity contribution < 1.29 is 9.47 Å². The standard InChI is InChI=1S/C17H15BrN4O2/c1-23-17-8-14(9-21-22-11-19-20-12-22)4-7-16(17)24-10-13-2-5-15(18)6-3-13/h2-9,11-12H,10H2,1H3/b21-9+. The zero-order valence-corrected chi connectivity index (χ0v) is 14.5. The molecule has 0 N–H and O–H groups in total. The summed E-state index contributed by atoms with van der Waals surface area (Å²) in [5, 5.41) is 11.6. The number of ether oxygens (including phenoxy) is 2. The SMILES string of the molecule is COc1cc(/C=N/n2cnnc2)ccc1OCc1ccc(Br)cc1. The van der Waals surface area contributed by atoms with Gasteiger partial charge in [0.05, 0.1) is 13.3 Å². The maximum absolute atomic E-state index is 5.85. The minimum atomic E-state index is 0.470. The predicted octanol–water partition coefficient (Wildman–Crippen LogP) is 3.51. The van der Waals surface area contributed by atoms with Crippen molar-refractivity contribution in [1.29, 1.82) is 0 Å². The van der Waals surface area contributed by atoms with Crippen LogP contribution in [0.3, 0.4) is 0 Å². The summed E-state index contributed by atoms with van der Waals surface area (Å²) in [7, 11) is 1.61. The molecule has 3 rings (SSSR count). The number of methoxy groups -OCH3 is 1. The first kappa shape index (κ1) is 16.2. The minimum absolute atomic E-state index is 0.470. The van der Waals surface area contributed by atoms with Crippen molar-refractivity contribution in [1.82, 2.24) is 14.9 Å². The molecule has 0 saturated heterocycles. The van der Waals surface area contributed by atoms with E-state index < -0.39 is 0 Å². The van der Waals surface area contributed by atoms with Crippen molar-refractivity contribution in [2.75, 3.05) is 7.11 Å². The van der Waals surface area contributed by atoms with E-state index in [1.54, 1.807) is 13.3 Å². The van der Waals surface area contributed by atoms with Gasteiger partial charge >= 0.3 is 0 Å². The molecular weight excluding hydrogens is 372 g/mol. The second-order valence-electron chi connectivity index (χ2n) is 4.91. The molecule has 2 aromatic carbocycles. The van der Waals surface area contributed by atoms with Crippen molar-refractivity contribution in [3.63, 3.8) is 0 Å². The minimum Gasteiger partial charge on any atom is -0.493 e. The van der Waals surface area contributed by atoms with Gasteiger partial charge in [0.25, 0.3) is 0 Å². The van der Waals surface area contributed by atoms with E-state index in [9.17, 15) is 0 Å². The van der Waals surface area contributed by atoms with E-state index in [0.29, 0.717) is 18.1 Å². The Kier molecular flexibility index (Phi) is 5.22. The molecule has 0 bridgehead atoms. The molecule has 1 heterocycles. The summed E-state index contributed by atoms with van der Waals surface area (Å²) in [4.78, 5) is 0. The maximum atomic E-state index is 5.85. The zero-order chi connectivity index (χ0) is 16.8. The Morgan fingerprint density at radius 2 is 1.83 bits per heavy atom. The van der Waals surface area contributed by atoms with Gasteiger partial charge in [0.1, 0.15) is 19.3 Å². The Morgan fingerprint density at radius 3 is 2.54 bits per heavy atom. The molecule has 0 amide bonds. The van der Waals surface area contributed by atoms with Crippen LogP contribution in [-0.4, -0.2) is 28.2 Å². The van der Waals surface area contributed by atoms with Crippen LogP contribution in [0.4, 0.5) is 0 Å². The molecule has 0 unspecified atom stereocenters. The van der Waals surface area contributed by atoms with Gasteiger partial charge in [-0.3, -0.25) is 0 Å². The van der Waals surface area contributed by atoms with Crippen molar-refractivity contribution in [2.45, 2.75) is 6.61 Å². The molecule has 0 radical (unpaired) electrons. The summed E-state index contributed by atoms with van der Waals surface area (Å²) in [6.45, 7) is 0.470. The first-order chi connectivity index (χ1) is 11.7. The van der Waals surface area contributed by atoms with Crippen LogP contribution in [0, 0.1) is 0 Å². The molecule has 24 heavy (non-hydrogen) atoms. The van der Waals surface area contributed by atoms with Gasteiger partial charge in [-0.2, -0.15) is 5.10 Å². The molecule has 0 atom stereocenters. The summed E-state index contributed by atoms with van der Waals surface area (Å²) in [6, 6.07) is 13.6. The van der Waals surface area contributed by atoms with Crippen LogP contribution in [0.25, 0.3) is 0 Å². The van der Waals surface area contributed by atoms with Crippen LogP contribution in [0.1, 0.15) is 11.1 Å². The van der Waals surface area contributed by atoms with Crippen LogP contribution in [0.15, 0.2) is 64.7 Å². The Hall–Kier alpha value is -2.67. The lowest BCUT2D eigenvalue weighted by Gasteiger charge is -2.11. The van der Waals surface area contributed by atoms with E-state index in [0.717, 1.165) is 15.6 Å². The van der Waals surface area contributed by atoms with Gasteiger partial charge in [0.2, 0.25) is 0 Å². The van der Waals surface area contributed by atoms with Gasteiger partial charge in [-0.05, 0) is 41.5 Å². The number of hydrogen-bond acceptors (Lipinski definition) is 5. The van der Waals surface area contributed by atoms with E-state index >= 15 is 0 Å². The molecule has 0 fully saturated rings. The molecule has 122 valence electrons. The van der Waals surface area contributed by atoms with Crippen molar-refractivity contribution in [3.8, 4) is 11.5 Å². The van der Waals surface area contributed by atoms with Crippen LogP contribution >= 0.6 is 15.9 Å². The van der Waals surface area contributed by atoms with Gasteiger partial charge in [0, 0.05) is 4.47 Å². The normalized spacial score (nSPS) is 10.9. The van der Waals surface area contributed by atoms with Gasteiger partial charge in [-0.15, -0.1) is 10.2 Å². The number of aromatic nitrogens is 3.